The van der Waals surface area contributed by atoms with Crippen molar-refractivity contribution in [2.45, 2.75) is 19.9 Å². The van der Waals surface area contributed by atoms with E-state index >= 15 is 0 Å². The Morgan fingerprint density at radius 1 is 1.35 bits per heavy atom. The molecule has 0 saturated heterocycles. The number of nitrogens with one attached hydrogen (secondary N) is 1. The molecule has 0 fully saturated rings. The Morgan fingerprint density at radius 2 is 2.15 bits per heavy atom. The molecule has 1 aliphatic rings. The monoisotopic (exact) mass is 286 g/mol. The summed E-state index contributed by atoms with van der Waals surface area (Å²) in [6, 6.07) is 8.20. The molecule has 0 amide bonds. The van der Waals surface area contributed by atoms with Crippen LogP contribution in [-0.2, 0) is 20.0 Å². The standard InChI is InChI=1S/C15H18N4S/c1-11-5-3-4-6-12(11)17-15(20)19-8-7-13-14(9-19)18(2)10-16-13/h3-6,10H,7-9H2,1-2H3,(H,17,20). The molecule has 4 nitrogen and oxygen atoms in total. The van der Waals surface area contributed by atoms with Crippen LogP contribution >= 0.6 is 12.2 Å². The lowest BCUT2D eigenvalue weighted by Crippen LogP contribution is -2.39. The molecule has 2 heterocycles. The molecular formula is C15H18N4S. The van der Waals surface area contributed by atoms with Crippen LogP contribution in [0.3, 0.4) is 0 Å². The number of anilines is 1. The summed E-state index contributed by atoms with van der Waals surface area (Å²) in [5.74, 6) is 0. The number of aryl methyl sites for hydroxylation is 2. The van der Waals surface area contributed by atoms with Gasteiger partial charge in [-0.1, -0.05) is 18.2 Å². The Bertz CT molecular complexity index is 647. The Morgan fingerprint density at radius 3 is 2.95 bits per heavy atom. The first-order valence-corrected chi connectivity index (χ1v) is 7.16. The molecule has 0 bridgehead atoms. The first-order chi connectivity index (χ1) is 9.65. The fourth-order valence-electron chi connectivity index (χ4n) is 2.50. The maximum Gasteiger partial charge on any atom is 0.173 e. The lowest BCUT2D eigenvalue weighted by atomic mass is 10.1. The second-order valence-electron chi connectivity index (χ2n) is 5.17. The van der Waals surface area contributed by atoms with Gasteiger partial charge in [0.15, 0.2) is 5.11 Å². The number of fused-ring (bicyclic) bond motifs is 1. The minimum Gasteiger partial charge on any atom is -0.343 e. The smallest absolute Gasteiger partial charge is 0.173 e. The van der Waals surface area contributed by atoms with Gasteiger partial charge in [-0.15, -0.1) is 0 Å². The number of para-hydroxylation sites is 1. The zero-order chi connectivity index (χ0) is 14.1. The Balaban J connectivity index is 1.73. The summed E-state index contributed by atoms with van der Waals surface area (Å²) in [5, 5.41) is 4.13. The normalized spacial score (nSPS) is 14.0. The molecule has 2 aromatic rings. The summed E-state index contributed by atoms with van der Waals surface area (Å²) < 4.78 is 2.08. The SMILES string of the molecule is Cc1ccccc1NC(=S)N1CCc2ncn(C)c2C1. The highest BCUT2D eigenvalue weighted by molar-refractivity contribution is 7.80. The van der Waals surface area contributed by atoms with Crippen LogP contribution in [0.15, 0.2) is 30.6 Å². The number of thiocarbonyl (C=S) groups is 1. The van der Waals surface area contributed by atoms with Crippen LogP contribution in [0.1, 0.15) is 17.0 Å². The predicted molar refractivity (Wildman–Crippen MR) is 84.7 cm³/mol. The van der Waals surface area contributed by atoms with Gasteiger partial charge >= 0.3 is 0 Å². The van der Waals surface area contributed by atoms with Gasteiger partial charge in [-0.2, -0.15) is 0 Å². The van der Waals surface area contributed by atoms with Gasteiger partial charge in [0.25, 0.3) is 0 Å². The minimum atomic E-state index is 0.783. The molecule has 1 aromatic carbocycles. The summed E-state index contributed by atoms with van der Waals surface area (Å²) in [6.45, 7) is 3.83. The first kappa shape index (κ1) is 13.1. The van der Waals surface area contributed by atoms with Crippen molar-refractivity contribution in [3.63, 3.8) is 0 Å². The highest BCUT2D eigenvalue weighted by Crippen LogP contribution is 2.19. The van der Waals surface area contributed by atoms with Crippen LogP contribution in [0.5, 0.6) is 0 Å². The van der Waals surface area contributed by atoms with Gasteiger partial charge in [-0.05, 0) is 30.8 Å². The van der Waals surface area contributed by atoms with E-state index in [4.69, 9.17) is 12.2 Å². The highest BCUT2D eigenvalue weighted by Gasteiger charge is 2.21. The molecule has 0 saturated carbocycles. The summed E-state index contributed by atoms with van der Waals surface area (Å²) >= 11 is 5.55. The number of aromatic nitrogens is 2. The lowest BCUT2D eigenvalue weighted by Gasteiger charge is -2.30. The van der Waals surface area contributed by atoms with Gasteiger partial charge in [-0.3, -0.25) is 0 Å². The van der Waals surface area contributed by atoms with Gasteiger partial charge in [-0.25, -0.2) is 4.98 Å². The maximum absolute atomic E-state index is 5.55. The van der Waals surface area contributed by atoms with Gasteiger partial charge in [0, 0.05) is 25.7 Å². The van der Waals surface area contributed by atoms with Gasteiger partial charge in [0.05, 0.1) is 24.3 Å². The molecule has 1 aromatic heterocycles. The van der Waals surface area contributed by atoms with Crippen molar-refractivity contribution in [3.05, 3.63) is 47.5 Å². The summed E-state index contributed by atoms with van der Waals surface area (Å²) in [7, 11) is 2.03. The second kappa shape index (κ2) is 5.25. The quantitative estimate of drug-likeness (QED) is 0.817. The van der Waals surface area contributed by atoms with E-state index in [0.29, 0.717) is 0 Å². The molecule has 0 aliphatic carbocycles. The first-order valence-electron chi connectivity index (χ1n) is 6.76. The van der Waals surface area contributed by atoms with Crippen molar-refractivity contribution < 1.29 is 0 Å². The third kappa shape index (κ3) is 2.41. The summed E-state index contributed by atoms with van der Waals surface area (Å²) in [6.07, 6.45) is 2.83. The Kier molecular flexibility index (Phi) is 3.44. The van der Waals surface area contributed by atoms with E-state index in [1.165, 1.54) is 17.0 Å². The molecule has 0 radical (unpaired) electrons. The number of nitrogens with zero attached hydrogens (tertiary/aromatic N) is 3. The topological polar surface area (TPSA) is 33.1 Å². The minimum absolute atomic E-state index is 0.783. The van der Waals surface area contributed by atoms with E-state index < -0.39 is 0 Å². The van der Waals surface area contributed by atoms with Crippen molar-refractivity contribution in [1.29, 1.82) is 0 Å². The highest BCUT2D eigenvalue weighted by atomic mass is 32.1. The molecule has 5 heteroatoms. The van der Waals surface area contributed by atoms with E-state index in [1.54, 1.807) is 0 Å². The molecule has 0 unspecified atom stereocenters. The maximum atomic E-state index is 5.55. The third-order valence-electron chi connectivity index (χ3n) is 3.78. The fraction of sp³-hybridized carbons (Fsp3) is 0.333. The number of benzene rings is 1. The lowest BCUT2D eigenvalue weighted by molar-refractivity contribution is 0.385. The number of rotatable bonds is 1. The molecule has 0 spiro atoms. The number of hydrogen-bond acceptors (Lipinski definition) is 2. The zero-order valence-electron chi connectivity index (χ0n) is 11.8. The van der Waals surface area contributed by atoms with Crippen molar-refractivity contribution in [1.82, 2.24) is 14.5 Å². The van der Waals surface area contributed by atoms with Crippen LogP contribution in [0, 0.1) is 6.92 Å². The molecule has 104 valence electrons. The largest absolute Gasteiger partial charge is 0.343 e. The fourth-order valence-corrected chi connectivity index (χ4v) is 2.76. The van der Waals surface area contributed by atoms with E-state index in [0.717, 1.165) is 30.3 Å². The zero-order valence-corrected chi connectivity index (χ0v) is 12.6. The molecule has 0 atom stereocenters. The van der Waals surface area contributed by atoms with Crippen molar-refractivity contribution >= 4 is 23.0 Å². The summed E-state index contributed by atoms with van der Waals surface area (Å²) in [5.41, 5.74) is 4.73. The predicted octanol–water partition coefficient (Wildman–Crippen LogP) is 2.48. The van der Waals surface area contributed by atoms with Crippen LogP contribution in [0.4, 0.5) is 5.69 Å². The van der Waals surface area contributed by atoms with Gasteiger partial charge in [0.1, 0.15) is 0 Å². The van der Waals surface area contributed by atoms with E-state index in [9.17, 15) is 0 Å². The average molecular weight is 286 g/mol. The third-order valence-corrected chi connectivity index (χ3v) is 4.14. The van der Waals surface area contributed by atoms with Gasteiger partial charge < -0.3 is 14.8 Å². The van der Waals surface area contributed by atoms with Crippen molar-refractivity contribution in [2.75, 3.05) is 11.9 Å². The van der Waals surface area contributed by atoms with Crippen LogP contribution < -0.4 is 5.32 Å². The van der Waals surface area contributed by atoms with Crippen molar-refractivity contribution in [3.8, 4) is 0 Å². The Labute approximate surface area is 124 Å². The molecule has 20 heavy (non-hydrogen) atoms. The molecule has 3 rings (SSSR count). The van der Waals surface area contributed by atoms with E-state index in [-0.39, 0.29) is 0 Å². The average Bonchev–Trinajstić information content (AvgIpc) is 2.82. The van der Waals surface area contributed by atoms with Gasteiger partial charge in [0.2, 0.25) is 0 Å². The second-order valence-corrected chi connectivity index (χ2v) is 5.55. The van der Waals surface area contributed by atoms with Crippen LogP contribution in [0.25, 0.3) is 0 Å². The van der Waals surface area contributed by atoms with Crippen molar-refractivity contribution in [2.24, 2.45) is 7.05 Å². The van der Waals surface area contributed by atoms with E-state index in [1.807, 2.05) is 25.5 Å². The summed E-state index contributed by atoms with van der Waals surface area (Å²) in [4.78, 5) is 6.62. The number of imidazole rings is 1. The Hall–Kier alpha value is -1.88. The van der Waals surface area contributed by atoms with Crippen LogP contribution in [0.2, 0.25) is 0 Å². The van der Waals surface area contributed by atoms with E-state index in [2.05, 4.69) is 38.8 Å². The number of hydrogen-bond donors (Lipinski definition) is 1. The molecule has 1 N–H and O–H groups in total. The molecule has 1 aliphatic heterocycles. The molecular weight excluding hydrogens is 268 g/mol. The van der Waals surface area contributed by atoms with Crippen LogP contribution in [-0.4, -0.2) is 26.1 Å².